The van der Waals surface area contributed by atoms with E-state index in [9.17, 15) is 0 Å². The van der Waals surface area contributed by atoms with Crippen LogP contribution in [0, 0.1) is 5.92 Å². The lowest BCUT2D eigenvalue weighted by atomic mass is 10.0. The molecule has 0 unspecified atom stereocenters. The zero-order valence-corrected chi connectivity index (χ0v) is 12.6. The van der Waals surface area contributed by atoms with Gasteiger partial charge in [-0.1, -0.05) is 25.7 Å². The van der Waals surface area contributed by atoms with E-state index in [2.05, 4.69) is 20.6 Å². The van der Waals surface area contributed by atoms with Gasteiger partial charge in [0.15, 0.2) is 5.82 Å². The van der Waals surface area contributed by atoms with E-state index in [-0.39, 0.29) is 0 Å². The Morgan fingerprint density at radius 2 is 2.00 bits per heavy atom. The van der Waals surface area contributed by atoms with E-state index in [0.29, 0.717) is 12.4 Å². The summed E-state index contributed by atoms with van der Waals surface area (Å²) in [6.07, 6.45) is 8.25. The maximum atomic E-state index is 5.09. The predicted molar refractivity (Wildman–Crippen MR) is 82.0 cm³/mol. The summed E-state index contributed by atoms with van der Waals surface area (Å²) < 4.78 is 5.09. The Morgan fingerprint density at radius 3 is 2.70 bits per heavy atom. The predicted octanol–water partition coefficient (Wildman–Crippen LogP) is 3.05. The largest absolute Gasteiger partial charge is 0.377 e. The van der Waals surface area contributed by atoms with Gasteiger partial charge in [0.25, 0.3) is 0 Å². The van der Waals surface area contributed by atoms with Crippen LogP contribution in [0.15, 0.2) is 6.07 Å². The maximum absolute atomic E-state index is 5.09. The van der Waals surface area contributed by atoms with E-state index in [1.165, 1.54) is 38.5 Å². The second kappa shape index (κ2) is 8.04. The third kappa shape index (κ3) is 4.63. The molecule has 112 valence electrons. The van der Waals surface area contributed by atoms with Crippen molar-refractivity contribution in [1.29, 1.82) is 0 Å². The molecule has 0 spiro atoms. The average molecular weight is 278 g/mol. The molecule has 0 atom stereocenters. The molecule has 1 aliphatic carbocycles. The number of hydrogen-bond donors (Lipinski definition) is 2. The van der Waals surface area contributed by atoms with Gasteiger partial charge in [-0.15, -0.1) is 0 Å². The van der Waals surface area contributed by atoms with Crippen molar-refractivity contribution in [2.24, 2.45) is 5.92 Å². The van der Waals surface area contributed by atoms with Gasteiger partial charge in [0.2, 0.25) is 0 Å². The van der Waals surface area contributed by atoms with Crippen molar-refractivity contribution < 1.29 is 4.74 Å². The van der Waals surface area contributed by atoms with Gasteiger partial charge >= 0.3 is 0 Å². The fourth-order valence-corrected chi connectivity index (χ4v) is 2.82. The van der Waals surface area contributed by atoms with Crippen LogP contribution in [0.25, 0.3) is 0 Å². The van der Waals surface area contributed by atoms with E-state index >= 15 is 0 Å². The summed E-state index contributed by atoms with van der Waals surface area (Å²) in [6, 6.07) is 1.94. The van der Waals surface area contributed by atoms with Crippen molar-refractivity contribution in [3.05, 3.63) is 11.9 Å². The molecule has 1 aliphatic rings. The minimum Gasteiger partial charge on any atom is -0.377 e. The van der Waals surface area contributed by atoms with E-state index < -0.39 is 0 Å². The summed E-state index contributed by atoms with van der Waals surface area (Å²) in [5.74, 6) is 3.37. The van der Waals surface area contributed by atoms with E-state index in [4.69, 9.17) is 4.74 Å². The maximum Gasteiger partial charge on any atom is 0.158 e. The van der Waals surface area contributed by atoms with Crippen LogP contribution in [0.1, 0.15) is 44.3 Å². The van der Waals surface area contributed by atoms with E-state index in [1.807, 2.05) is 13.1 Å². The number of ether oxygens (including phenoxy) is 1. The molecule has 1 aromatic rings. The Morgan fingerprint density at radius 1 is 1.25 bits per heavy atom. The minimum atomic E-state index is 0.437. The first-order chi connectivity index (χ1) is 9.81. The molecule has 0 saturated heterocycles. The average Bonchev–Trinajstić information content (AvgIpc) is 2.97. The second-order valence-electron chi connectivity index (χ2n) is 5.46. The summed E-state index contributed by atoms with van der Waals surface area (Å²) >= 11 is 0. The van der Waals surface area contributed by atoms with Gasteiger partial charge in [-0.3, -0.25) is 0 Å². The third-order valence-corrected chi connectivity index (χ3v) is 3.87. The monoisotopic (exact) mass is 278 g/mol. The summed E-state index contributed by atoms with van der Waals surface area (Å²) in [7, 11) is 3.52. The van der Waals surface area contributed by atoms with Crippen molar-refractivity contribution in [2.75, 3.05) is 31.3 Å². The Kier molecular flexibility index (Phi) is 6.05. The third-order valence-electron chi connectivity index (χ3n) is 3.87. The van der Waals surface area contributed by atoms with Crippen molar-refractivity contribution in [3.8, 4) is 0 Å². The smallest absolute Gasteiger partial charge is 0.158 e. The first-order valence-electron chi connectivity index (χ1n) is 7.60. The normalized spacial score (nSPS) is 15.5. The van der Waals surface area contributed by atoms with Crippen LogP contribution >= 0.6 is 0 Å². The molecule has 5 nitrogen and oxygen atoms in total. The molecule has 0 bridgehead atoms. The Hall–Kier alpha value is -1.36. The number of anilines is 2. The van der Waals surface area contributed by atoms with Gasteiger partial charge in [-0.2, -0.15) is 0 Å². The molecule has 2 rings (SSSR count). The number of methoxy groups -OCH3 is 1. The zero-order chi connectivity index (χ0) is 14.2. The lowest BCUT2D eigenvalue weighted by Gasteiger charge is -2.11. The number of aromatic nitrogens is 2. The van der Waals surface area contributed by atoms with Gasteiger partial charge < -0.3 is 15.4 Å². The molecule has 1 fully saturated rings. The lowest BCUT2D eigenvalue weighted by molar-refractivity contribution is 0.178. The molecule has 1 aromatic heterocycles. The summed E-state index contributed by atoms with van der Waals surface area (Å²) in [5, 5.41) is 6.45. The molecule has 20 heavy (non-hydrogen) atoms. The van der Waals surface area contributed by atoms with Crippen molar-refractivity contribution >= 4 is 11.6 Å². The van der Waals surface area contributed by atoms with Gasteiger partial charge in [0.1, 0.15) is 18.2 Å². The Bertz CT molecular complexity index is 405. The summed E-state index contributed by atoms with van der Waals surface area (Å²) in [4.78, 5) is 8.80. The van der Waals surface area contributed by atoms with Crippen LogP contribution < -0.4 is 10.6 Å². The minimum absolute atomic E-state index is 0.437. The fourth-order valence-electron chi connectivity index (χ4n) is 2.82. The first kappa shape index (κ1) is 15.0. The molecule has 0 aliphatic heterocycles. The second-order valence-corrected chi connectivity index (χ2v) is 5.46. The molecular weight excluding hydrogens is 252 g/mol. The standard InChI is InChI=1S/C15H26N4O/c1-16-13-10-14(19-15(18-13)11-20-2)17-9-5-8-12-6-3-4-7-12/h10,12H,3-9,11H2,1-2H3,(H2,16,17,18,19). The van der Waals surface area contributed by atoms with Crippen molar-refractivity contribution in [1.82, 2.24) is 9.97 Å². The highest BCUT2D eigenvalue weighted by molar-refractivity contribution is 5.47. The molecular formula is C15H26N4O. The van der Waals surface area contributed by atoms with Crippen molar-refractivity contribution in [3.63, 3.8) is 0 Å². The summed E-state index contributed by atoms with van der Waals surface area (Å²) in [6.45, 7) is 1.41. The topological polar surface area (TPSA) is 59.1 Å². The van der Waals surface area contributed by atoms with Crippen LogP contribution in [0.5, 0.6) is 0 Å². The molecule has 1 saturated carbocycles. The van der Waals surface area contributed by atoms with E-state index in [0.717, 1.165) is 24.1 Å². The molecule has 1 heterocycles. The van der Waals surface area contributed by atoms with Gasteiger partial charge in [0, 0.05) is 26.8 Å². The molecule has 2 N–H and O–H groups in total. The lowest BCUT2D eigenvalue weighted by Crippen LogP contribution is -2.09. The van der Waals surface area contributed by atoms with E-state index in [1.54, 1.807) is 7.11 Å². The number of nitrogens with one attached hydrogen (secondary N) is 2. The highest BCUT2D eigenvalue weighted by Gasteiger charge is 2.14. The summed E-state index contributed by atoms with van der Waals surface area (Å²) in [5.41, 5.74) is 0. The van der Waals surface area contributed by atoms with Crippen LogP contribution in [0.2, 0.25) is 0 Å². The molecule has 0 aromatic carbocycles. The molecule has 5 heteroatoms. The zero-order valence-electron chi connectivity index (χ0n) is 12.6. The van der Waals surface area contributed by atoms with Crippen LogP contribution in [0.4, 0.5) is 11.6 Å². The van der Waals surface area contributed by atoms with Crippen LogP contribution in [-0.4, -0.2) is 30.7 Å². The molecule has 0 radical (unpaired) electrons. The highest BCUT2D eigenvalue weighted by atomic mass is 16.5. The van der Waals surface area contributed by atoms with Crippen molar-refractivity contribution in [2.45, 2.75) is 45.1 Å². The van der Waals surface area contributed by atoms with Gasteiger partial charge in [0.05, 0.1) is 0 Å². The Labute approximate surface area is 121 Å². The number of hydrogen-bond acceptors (Lipinski definition) is 5. The molecule has 0 amide bonds. The highest BCUT2D eigenvalue weighted by Crippen LogP contribution is 2.28. The SMILES string of the molecule is CNc1cc(NCCCC2CCCC2)nc(COC)n1. The van der Waals surface area contributed by atoms with Gasteiger partial charge in [-0.05, 0) is 18.8 Å². The fraction of sp³-hybridized carbons (Fsp3) is 0.733. The number of nitrogens with zero attached hydrogens (tertiary/aromatic N) is 2. The number of rotatable bonds is 8. The first-order valence-corrected chi connectivity index (χ1v) is 7.60. The quantitative estimate of drug-likeness (QED) is 0.716. The van der Waals surface area contributed by atoms with Crippen LogP contribution in [-0.2, 0) is 11.3 Å². The van der Waals surface area contributed by atoms with Gasteiger partial charge in [-0.25, -0.2) is 9.97 Å². The van der Waals surface area contributed by atoms with Crippen LogP contribution in [0.3, 0.4) is 0 Å². The Balaban J connectivity index is 1.79.